The summed E-state index contributed by atoms with van der Waals surface area (Å²) in [5, 5.41) is 35.4. The fraction of sp³-hybridized carbons (Fsp3) is 0.688. The van der Waals surface area contributed by atoms with Gasteiger partial charge in [-0.25, -0.2) is 4.79 Å². The van der Waals surface area contributed by atoms with Crippen LogP contribution in [0.2, 0.25) is 0 Å². The zero-order valence-electron chi connectivity index (χ0n) is 23.9. The highest BCUT2D eigenvalue weighted by Gasteiger charge is 2.71. The average molecular weight is 554 g/mol. The Hall–Kier alpha value is -2.42. The van der Waals surface area contributed by atoms with Crippen molar-refractivity contribution < 1.29 is 34.3 Å². The molecule has 218 valence electrons. The van der Waals surface area contributed by atoms with Crippen molar-refractivity contribution in [1.29, 1.82) is 0 Å². The van der Waals surface area contributed by atoms with Gasteiger partial charge in [0.15, 0.2) is 11.5 Å². The molecule has 0 saturated heterocycles. The van der Waals surface area contributed by atoms with E-state index in [1.54, 1.807) is 20.3 Å². The van der Waals surface area contributed by atoms with Crippen molar-refractivity contribution in [2.45, 2.75) is 88.6 Å². The quantitative estimate of drug-likeness (QED) is 0.360. The summed E-state index contributed by atoms with van der Waals surface area (Å²) in [7, 11) is 3.23. The summed E-state index contributed by atoms with van der Waals surface area (Å²) in [5.74, 6) is 1.18. The number of rotatable bonds is 6. The topological polar surface area (TPSA) is 118 Å². The van der Waals surface area contributed by atoms with E-state index in [0.29, 0.717) is 63.2 Å². The number of aliphatic hydroxyl groups is 3. The van der Waals surface area contributed by atoms with Gasteiger partial charge in [0.05, 0.1) is 38.1 Å². The maximum atomic E-state index is 12.6. The Balaban J connectivity index is 1.35. The summed E-state index contributed by atoms with van der Waals surface area (Å²) in [4.78, 5) is 16.8. The summed E-state index contributed by atoms with van der Waals surface area (Å²) in [6.45, 7) is 2.90. The lowest BCUT2D eigenvalue weighted by Gasteiger charge is -2.65. The van der Waals surface area contributed by atoms with Gasteiger partial charge in [0.1, 0.15) is 6.61 Å². The maximum Gasteiger partial charge on any atom is 0.331 e. The zero-order valence-corrected chi connectivity index (χ0v) is 23.9. The lowest BCUT2D eigenvalue weighted by molar-refractivity contribution is -0.237. The molecular formula is C32H43NO7. The molecule has 1 aromatic rings. The molecule has 5 aliphatic rings. The van der Waals surface area contributed by atoms with E-state index < -0.39 is 22.7 Å². The first-order valence-corrected chi connectivity index (χ1v) is 14.8. The van der Waals surface area contributed by atoms with E-state index in [1.807, 2.05) is 24.4 Å². The molecule has 0 unspecified atom stereocenters. The number of methoxy groups -OCH3 is 2. The Bertz CT molecular complexity index is 1230. The van der Waals surface area contributed by atoms with Gasteiger partial charge in [-0.15, -0.1) is 0 Å². The monoisotopic (exact) mass is 553 g/mol. The van der Waals surface area contributed by atoms with E-state index in [1.165, 1.54) is 0 Å². The van der Waals surface area contributed by atoms with Crippen LogP contribution in [0.15, 0.2) is 34.8 Å². The number of hydrogen-bond acceptors (Lipinski definition) is 8. The van der Waals surface area contributed by atoms with Gasteiger partial charge >= 0.3 is 5.97 Å². The van der Waals surface area contributed by atoms with Crippen LogP contribution in [0.1, 0.15) is 70.3 Å². The van der Waals surface area contributed by atoms with Gasteiger partial charge < -0.3 is 29.5 Å². The lowest BCUT2D eigenvalue weighted by atomic mass is 9.41. The summed E-state index contributed by atoms with van der Waals surface area (Å²) in [5.41, 5.74) is -1.06. The average Bonchev–Trinajstić information content (AvgIpc) is 3.48. The molecule has 1 aliphatic heterocycles. The Morgan fingerprint density at radius 1 is 1.05 bits per heavy atom. The number of aliphatic hydroxyl groups excluding tert-OH is 1. The lowest BCUT2D eigenvalue weighted by Crippen LogP contribution is -2.68. The van der Waals surface area contributed by atoms with Gasteiger partial charge in [-0.05, 0) is 80.8 Å². The smallest absolute Gasteiger partial charge is 0.331 e. The summed E-state index contributed by atoms with van der Waals surface area (Å²) < 4.78 is 16.3. The number of ether oxygens (including phenoxy) is 3. The van der Waals surface area contributed by atoms with Gasteiger partial charge in [0, 0.05) is 35.1 Å². The number of esters is 1. The molecule has 8 heteroatoms. The number of hydrogen-bond donors (Lipinski definition) is 3. The molecule has 8 atom stereocenters. The highest BCUT2D eigenvalue weighted by atomic mass is 16.5. The van der Waals surface area contributed by atoms with Crippen LogP contribution >= 0.6 is 0 Å². The van der Waals surface area contributed by atoms with Gasteiger partial charge in [-0.2, -0.15) is 0 Å². The fourth-order valence-corrected chi connectivity index (χ4v) is 9.75. The standard InChI is InChI=1S/C32H43NO7/c1-29-11-8-24-25(32(29,37)14-10-23(29)21-15-27(35)40-18-21)9-13-31(36)16-22(34)7-12-30(24,31)19-33-17-20-5-4-6-26(38-2)28(20)39-3/h4-6,15,19,22-25,34,36-37H,7-14,16-18H2,1-3H3/t22-,23-,24+,25-,29-,30+,31-,32-/m1/s1. The molecule has 0 bridgehead atoms. The number of aliphatic imine (C=N–C) groups is 1. The van der Waals surface area contributed by atoms with Crippen LogP contribution in [0.3, 0.4) is 0 Å². The van der Waals surface area contributed by atoms with Crippen LogP contribution in [0.5, 0.6) is 11.5 Å². The zero-order chi connectivity index (χ0) is 28.3. The molecular weight excluding hydrogens is 510 g/mol. The van der Waals surface area contributed by atoms with E-state index in [0.717, 1.165) is 30.4 Å². The second-order valence-electron chi connectivity index (χ2n) is 13.1. The molecule has 0 radical (unpaired) electrons. The van der Waals surface area contributed by atoms with E-state index in [2.05, 4.69) is 6.92 Å². The van der Waals surface area contributed by atoms with Crippen LogP contribution in [-0.2, 0) is 16.1 Å². The number of para-hydroxylation sites is 1. The van der Waals surface area contributed by atoms with Crippen LogP contribution in [0.4, 0.5) is 0 Å². The first kappa shape index (κ1) is 27.7. The first-order chi connectivity index (χ1) is 19.1. The number of fused-ring (bicyclic) bond motifs is 5. The highest BCUT2D eigenvalue weighted by molar-refractivity contribution is 5.85. The third-order valence-corrected chi connectivity index (χ3v) is 11.7. The van der Waals surface area contributed by atoms with Gasteiger partial charge in [-0.1, -0.05) is 19.1 Å². The Kier molecular flexibility index (Phi) is 6.83. The molecule has 4 aliphatic carbocycles. The molecule has 4 fully saturated rings. The minimum absolute atomic E-state index is 0.00296. The molecule has 1 aromatic carbocycles. The minimum atomic E-state index is -1.08. The molecule has 0 aromatic heterocycles. The number of carbonyl (C=O) groups is 1. The molecule has 1 heterocycles. The van der Waals surface area contributed by atoms with Crippen molar-refractivity contribution in [2.75, 3.05) is 20.8 Å². The molecule has 40 heavy (non-hydrogen) atoms. The minimum Gasteiger partial charge on any atom is -0.493 e. The predicted molar refractivity (Wildman–Crippen MR) is 149 cm³/mol. The largest absolute Gasteiger partial charge is 0.493 e. The van der Waals surface area contributed by atoms with Gasteiger partial charge in [0.25, 0.3) is 0 Å². The Morgan fingerprint density at radius 3 is 2.58 bits per heavy atom. The summed E-state index contributed by atoms with van der Waals surface area (Å²) in [6.07, 6.45) is 9.04. The SMILES string of the molecule is COc1cccc(CN=C[C@]23CC[C@@H](O)C[C@]2(O)CC[C@@H]2[C@@H]3CC[C@]3(C)[C@@H](C4=CC(=O)OC4)CC[C@@]23O)c1OC. The second kappa shape index (κ2) is 9.85. The van der Waals surface area contributed by atoms with E-state index in [4.69, 9.17) is 19.2 Å². The molecule has 6 rings (SSSR count). The molecule has 4 saturated carbocycles. The molecule has 0 spiro atoms. The van der Waals surface area contributed by atoms with Crippen molar-refractivity contribution in [1.82, 2.24) is 0 Å². The molecule has 3 N–H and O–H groups in total. The third kappa shape index (κ3) is 3.89. The molecule has 8 nitrogen and oxygen atoms in total. The van der Waals surface area contributed by atoms with E-state index in [9.17, 15) is 20.1 Å². The summed E-state index contributed by atoms with van der Waals surface area (Å²) >= 11 is 0. The predicted octanol–water partition coefficient (Wildman–Crippen LogP) is 3.99. The van der Waals surface area contributed by atoms with Crippen LogP contribution in [-0.4, -0.2) is 65.6 Å². The fourth-order valence-electron chi connectivity index (χ4n) is 9.75. The summed E-state index contributed by atoms with van der Waals surface area (Å²) in [6, 6.07) is 5.74. The van der Waals surface area contributed by atoms with Crippen molar-refractivity contribution in [3.05, 3.63) is 35.4 Å². The van der Waals surface area contributed by atoms with Crippen molar-refractivity contribution in [3.63, 3.8) is 0 Å². The Labute approximate surface area is 236 Å². The highest BCUT2D eigenvalue weighted by Crippen LogP contribution is 2.70. The van der Waals surface area contributed by atoms with Gasteiger partial charge in [-0.3, -0.25) is 4.99 Å². The second-order valence-corrected chi connectivity index (χ2v) is 13.1. The first-order valence-electron chi connectivity index (χ1n) is 14.8. The number of carbonyl (C=O) groups excluding carboxylic acids is 1. The third-order valence-electron chi connectivity index (χ3n) is 11.7. The number of nitrogens with zero attached hydrogens (tertiary/aromatic N) is 1. The van der Waals surface area contributed by atoms with Crippen LogP contribution in [0.25, 0.3) is 0 Å². The number of benzene rings is 1. The normalized spacial score (nSPS) is 42.5. The van der Waals surface area contributed by atoms with Crippen LogP contribution < -0.4 is 9.47 Å². The van der Waals surface area contributed by atoms with Crippen molar-refractivity contribution >= 4 is 12.2 Å². The van der Waals surface area contributed by atoms with E-state index >= 15 is 0 Å². The maximum absolute atomic E-state index is 12.6. The Morgan fingerprint density at radius 2 is 1.85 bits per heavy atom. The number of cyclic esters (lactones) is 1. The van der Waals surface area contributed by atoms with Crippen molar-refractivity contribution in [3.8, 4) is 11.5 Å². The van der Waals surface area contributed by atoms with Gasteiger partial charge in [0.2, 0.25) is 0 Å². The van der Waals surface area contributed by atoms with Crippen LogP contribution in [0, 0.1) is 28.6 Å². The molecule has 0 amide bonds. The van der Waals surface area contributed by atoms with Crippen molar-refractivity contribution in [2.24, 2.45) is 33.6 Å². The van der Waals surface area contributed by atoms with E-state index in [-0.39, 0.29) is 29.1 Å².